The van der Waals surface area contributed by atoms with E-state index >= 15 is 0 Å². The first-order chi connectivity index (χ1) is 7.04. The molecule has 0 aliphatic heterocycles. The second-order valence-corrected chi connectivity index (χ2v) is 5.01. The number of hydrogen-bond acceptors (Lipinski definition) is 3. The van der Waals surface area contributed by atoms with Gasteiger partial charge >= 0.3 is 0 Å². The molecule has 0 radical (unpaired) electrons. The van der Waals surface area contributed by atoms with E-state index in [9.17, 15) is 5.11 Å². The molecule has 0 aromatic heterocycles. The van der Waals surface area contributed by atoms with Crippen molar-refractivity contribution >= 4 is 15.9 Å². The maximum atomic E-state index is 9.85. The van der Waals surface area contributed by atoms with Crippen LogP contribution in [0.2, 0.25) is 0 Å². The van der Waals surface area contributed by atoms with Crippen LogP contribution in [0.3, 0.4) is 0 Å². The summed E-state index contributed by atoms with van der Waals surface area (Å²) in [5, 5.41) is 9.85. The zero-order valence-corrected chi connectivity index (χ0v) is 10.2. The summed E-state index contributed by atoms with van der Waals surface area (Å²) in [5.74, 6) is 1.01. The Morgan fingerprint density at radius 1 is 1.53 bits per heavy atom. The smallest absolute Gasteiger partial charge is 0.133 e. The standard InChI is InChI=1S/C11H14BrNO2/c1-15-8-4-7(6-11(13)2-3-11)10(14)9(12)5-8/h4-5,14H,2-3,6,13H2,1H3. The topological polar surface area (TPSA) is 55.5 Å². The summed E-state index contributed by atoms with van der Waals surface area (Å²) in [6.45, 7) is 0. The van der Waals surface area contributed by atoms with Gasteiger partial charge in [0, 0.05) is 11.1 Å². The van der Waals surface area contributed by atoms with Gasteiger partial charge in [-0.1, -0.05) is 0 Å². The van der Waals surface area contributed by atoms with Gasteiger partial charge in [0.25, 0.3) is 0 Å². The van der Waals surface area contributed by atoms with Crippen molar-refractivity contribution in [2.75, 3.05) is 7.11 Å². The second kappa shape index (κ2) is 3.68. The van der Waals surface area contributed by atoms with Gasteiger partial charge < -0.3 is 15.6 Å². The number of nitrogens with two attached hydrogens (primary N) is 1. The molecule has 1 aromatic carbocycles. The van der Waals surface area contributed by atoms with Crippen molar-refractivity contribution in [3.8, 4) is 11.5 Å². The summed E-state index contributed by atoms with van der Waals surface area (Å²) in [4.78, 5) is 0. The van der Waals surface area contributed by atoms with E-state index in [1.165, 1.54) is 0 Å². The van der Waals surface area contributed by atoms with Crippen molar-refractivity contribution in [3.05, 3.63) is 22.2 Å². The largest absolute Gasteiger partial charge is 0.506 e. The SMILES string of the molecule is COc1cc(Br)c(O)c(CC2(N)CC2)c1. The van der Waals surface area contributed by atoms with Crippen molar-refractivity contribution in [2.24, 2.45) is 5.73 Å². The highest BCUT2D eigenvalue weighted by Gasteiger charge is 2.38. The van der Waals surface area contributed by atoms with Gasteiger partial charge in [-0.05, 0) is 47.3 Å². The fraction of sp³-hybridized carbons (Fsp3) is 0.455. The van der Waals surface area contributed by atoms with E-state index in [1.54, 1.807) is 13.2 Å². The van der Waals surface area contributed by atoms with Crippen LogP contribution in [-0.4, -0.2) is 17.8 Å². The number of ether oxygens (including phenoxy) is 1. The van der Waals surface area contributed by atoms with Gasteiger partial charge in [0.1, 0.15) is 11.5 Å². The van der Waals surface area contributed by atoms with Gasteiger partial charge in [0.2, 0.25) is 0 Å². The number of halogens is 1. The molecule has 15 heavy (non-hydrogen) atoms. The summed E-state index contributed by atoms with van der Waals surface area (Å²) in [7, 11) is 1.61. The molecule has 0 unspecified atom stereocenters. The maximum absolute atomic E-state index is 9.85. The second-order valence-electron chi connectivity index (χ2n) is 4.16. The average Bonchev–Trinajstić information content (AvgIpc) is 2.91. The predicted molar refractivity (Wildman–Crippen MR) is 62.2 cm³/mol. The Hall–Kier alpha value is -0.740. The number of rotatable bonds is 3. The third kappa shape index (κ3) is 2.26. The van der Waals surface area contributed by atoms with Crippen molar-refractivity contribution in [2.45, 2.75) is 24.8 Å². The van der Waals surface area contributed by atoms with E-state index in [0.29, 0.717) is 10.9 Å². The number of methoxy groups -OCH3 is 1. The van der Waals surface area contributed by atoms with Crippen LogP contribution in [0.5, 0.6) is 11.5 Å². The molecule has 0 bridgehead atoms. The zero-order chi connectivity index (χ0) is 11.1. The monoisotopic (exact) mass is 271 g/mol. The van der Waals surface area contributed by atoms with Gasteiger partial charge in [0.15, 0.2) is 0 Å². The Labute approximate surface area is 97.4 Å². The van der Waals surface area contributed by atoms with Crippen LogP contribution in [0.25, 0.3) is 0 Å². The van der Waals surface area contributed by atoms with Gasteiger partial charge in [-0.3, -0.25) is 0 Å². The van der Waals surface area contributed by atoms with Gasteiger partial charge in [-0.2, -0.15) is 0 Å². The third-order valence-electron chi connectivity index (χ3n) is 2.79. The van der Waals surface area contributed by atoms with E-state index in [1.807, 2.05) is 6.07 Å². The molecule has 0 heterocycles. The van der Waals surface area contributed by atoms with Crippen LogP contribution in [0.4, 0.5) is 0 Å². The normalized spacial score (nSPS) is 17.5. The lowest BCUT2D eigenvalue weighted by Gasteiger charge is -2.12. The molecule has 0 amide bonds. The first kappa shape index (κ1) is 10.8. The molecule has 3 N–H and O–H groups in total. The van der Waals surface area contributed by atoms with E-state index in [2.05, 4.69) is 15.9 Å². The number of hydrogen-bond donors (Lipinski definition) is 2. The minimum Gasteiger partial charge on any atom is -0.506 e. The molecular weight excluding hydrogens is 258 g/mol. The molecule has 1 aliphatic rings. The highest BCUT2D eigenvalue weighted by Crippen LogP contribution is 2.40. The van der Waals surface area contributed by atoms with Crippen LogP contribution < -0.4 is 10.5 Å². The summed E-state index contributed by atoms with van der Waals surface area (Å²) >= 11 is 3.29. The molecule has 0 spiro atoms. The van der Waals surface area contributed by atoms with Crippen molar-refractivity contribution in [1.82, 2.24) is 0 Å². The Morgan fingerprint density at radius 2 is 2.20 bits per heavy atom. The molecule has 1 aliphatic carbocycles. The van der Waals surface area contributed by atoms with Crippen LogP contribution in [0.15, 0.2) is 16.6 Å². The Balaban J connectivity index is 2.31. The number of phenols is 1. The van der Waals surface area contributed by atoms with Crippen molar-refractivity contribution < 1.29 is 9.84 Å². The quantitative estimate of drug-likeness (QED) is 0.886. The lowest BCUT2D eigenvalue weighted by molar-refractivity contribution is 0.409. The molecule has 1 aromatic rings. The first-order valence-corrected chi connectivity index (χ1v) is 5.68. The molecule has 1 saturated carbocycles. The van der Waals surface area contributed by atoms with Crippen LogP contribution >= 0.6 is 15.9 Å². The molecule has 4 heteroatoms. The van der Waals surface area contributed by atoms with Crippen LogP contribution in [0.1, 0.15) is 18.4 Å². The zero-order valence-electron chi connectivity index (χ0n) is 8.59. The fourth-order valence-electron chi connectivity index (χ4n) is 1.60. The lowest BCUT2D eigenvalue weighted by Crippen LogP contribution is -2.24. The molecule has 0 atom stereocenters. The lowest BCUT2D eigenvalue weighted by atomic mass is 10.0. The summed E-state index contributed by atoms with van der Waals surface area (Å²) < 4.78 is 5.80. The predicted octanol–water partition coefficient (Wildman–Crippen LogP) is 2.20. The Kier molecular flexibility index (Phi) is 2.64. The summed E-state index contributed by atoms with van der Waals surface area (Å²) in [6, 6.07) is 3.59. The molecular formula is C11H14BrNO2. The van der Waals surface area contributed by atoms with E-state index in [4.69, 9.17) is 10.5 Å². The van der Waals surface area contributed by atoms with Crippen molar-refractivity contribution in [3.63, 3.8) is 0 Å². The van der Waals surface area contributed by atoms with Gasteiger partial charge in [-0.25, -0.2) is 0 Å². The van der Waals surface area contributed by atoms with Crippen LogP contribution in [-0.2, 0) is 6.42 Å². The fourth-order valence-corrected chi connectivity index (χ4v) is 2.08. The highest BCUT2D eigenvalue weighted by atomic mass is 79.9. The third-order valence-corrected chi connectivity index (χ3v) is 3.39. The molecule has 82 valence electrons. The number of aromatic hydroxyl groups is 1. The van der Waals surface area contributed by atoms with E-state index < -0.39 is 0 Å². The van der Waals surface area contributed by atoms with Crippen LogP contribution in [0, 0.1) is 0 Å². The maximum Gasteiger partial charge on any atom is 0.133 e. The minimum atomic E-state index is -0.108. The van der Waals surface area contributed by atoms with Gasteiger partial charge in [0.05, 0.1) is 11.6 Å². The molecule has 2 rings (SSSR count). The van der Waals surface area contributed by atoms with Gasteiger partial charge in [-0.15, -0.1) is 0 Å². The minimum absolute atomic E-state index is 0.108. The molecule has 3 nitrogen and oxygen atoms in total. The highest BCUT2D eigenvalue weighted by molar-refractivity contribution is 9.10. The first-order valence-electron chi connectivity index (χ1n) is 4.88. The molecule has 1 fully saturated rings. The Bertz CT molecular complexity index is 388. The molecule has 0 saturated heterocycles. The average molecular weight is 272 g/mol. The van der Waals surface area contributed by atoms with E-state index in [-0.39, 0.29) is 11.3 Å². The number of benzene rings is 1. The van der Waals surface area contributed by atoms with Crippen molar-refractivity contribution in [1.29, 1.82) is 0 Å². The summed E-state index contributed by atoms with van der Waals surface area (Å²) in [6.07, 6.45) is 2.76. The van der Waals surface area contributed by atoms with E-state index in [0.717, 1.165) is 24.2 Å². The Morgan fingerprint density at radius 3 is 2.73 bits per heavy atom. The number of phenolic OH excluding ortho intramolecular Hbond substituents is 1. The summed E-state index contributed by atoms with van der Waals surface area (Å²) in [5.41, 5.74) is 6.76.